The number of rotatable bonds is 4. The second kappa shape index (κ2) is 5.00. The quantitative estimate of drug-likeness (QED) is 0.386. The lowest BCUT2D eigenvalue weighted by Crippen LogP contribution is -2.26. The minimum atomic E-state index is 0.0981. The monoisotopic (exact) mass is 270 g/mol. The lowest BCUT2D eigenvalue weighted by Gasteiger charge is -2.21. The molecule has 1 aliphatic rings. The second-order valence-electron chi connectivity index (χ2n) is 5.36. The molecule has 0 spiro atoms. The molecular formula is C15H18N4O. The van der Waals surface area contributed by atoms with Crippen LogP contribution in [0.2, 0.25) is 0 Å². The Morgan fingerprint density at radius 1 is 1.45 bits per heavy atom. The van der Waals surface area contributed by atoms with Gasteiger partial charge in [0.05, 0.1) is 11.1 Å². The number of nitrogens with two attached hydrogens (primary N) is 1. The maximum absolute atomic E-state index is 8.98. The number of hydrogen-bond acceptors (Lipinski definition) is 4. The highest BCUT2D eigenvalue weighted by atomic mass is 16.4. The molecule has 1 aliphatic carbocycles. The predicted molar refractivity (Wildman–Crippen MR) is 80.2 cm³/mol. The van der Waals surface area contributed by atoms with E-state index in [-0.39, 0.29) is 5.84 Å². The fraction of sp³-hybridized carbons (Fsp3) is 0.333. The molecule has 5 heteroatoms. The van der Waals surface area contributed by atoms with Crippen molar-refractivity contribution in [3.8, 4) is 0 Å². The molecule has 0 amide bonds. The fourth-order valence-electron chi connectivity index (χ4n) is 2.41. The van der Waals surface area contributed by atoms with Gasteiger partial charge in [-0.05, 0) is 30.9 Å². The van der Waals surface area contributed by atoms with Crippen molar-refractivity contribution in [3.05, 3.63) is 35.9 Å². The van der Waals surface area contributed by atoms with Gasteiger partial charge in [-0.25, -0.2) is 4.98 Å². The number of para-hydroxylation sites is 1. The largest absolute Gasteiger partial charge is 0.409 e. The number of nitrogens with zero attached hydrogens (tertiary/aromatic N) is 3. The van der Waals surface area contributed by atoms with E-state index in [9.17, 15) is 0 Å². The summed E-state index contributed by atoms with van der Waals surface area (Å²) >= 11 is 0. The van der Waals surface area contributed by atoms with Crippen LogP contribution >= 0.6 is 0 Å². The van der Waals surface area contributed by atoms with Gasteiger partial charge in [-0.1, -0.05) is 23.4 Å². The highest BCUT2D eigenvalue weighted by Gasteiger charge is 2.25. The van der Waals surface area contributed by atoms with Crippen LogP contribution in [0.5, 0.6) is 0 Å². The van der Waals surface area contributed by atoms with E-state index in [1.807, 2.05) is 37.4 Å². The van der Waals surface area contributed by atoms with Crippen LogP contribution in [0.1, 0.15) is 18.4 Å². The molecular weight excluding hydrogens is 252 g/mol. The highest BCUT2D eigenvalue weighted by molar-refractivity contribution is 6.04. The molecule has 0 bridgehead atoms. The summed E-state index contributed by atoms with van der Waals surface area (Å²) in [5, 5.41) is 13.1. The van der Waals surface area contributed by atoms with Crippen LogP contribution in [0.4, 0.5) is 5.82 Å². The maximum Gasteiger partial charge on any atom is 0.173 e. The van der Waals surface area contributed by atoms with E-state index in [1.54, 1.807) is 0 Å². The van der Waals surface area contributed by atoms with Gasteiger partial charge in [0.15, 0.2) is 5.84 Å². The van der Waals surface area contributed by atoms with E-state index < -0.39 is 0 Å². The van der Waals surface area contributed by atoms with Gasteiger partial charge in [0.1, 0.15) is 5.82 Å². The Bertz CT molecular complexity index is 664. The first-order valence-electron chi connectivity index (χ1n) is 6.78. The Morgan fingerprint density at radius 2 is 2.20 bits per heavy atom. The van der Waals surface area contributed by atoms with Crippen molar-refractivity contribution in [2.45, 2.75) is 12.8 Å². The Labute approximate surface area is 117 Å². The van der Waals surface area contributed by atoms with Crippen LogP contribution in [0.25, 0.3) is 10.9 Å². The van der Waals surface area contributed by atoms with Crippen molar-refractivity contribution < 1.29 is 5.21 Å². The lowest BCUT2D eigenvalue weighted by molar-refractivity contribution is 0.318. The van der Waals surface area contributed by atoms with Crippen LogP contribution in [-0.4, -0.2) is 29.6 Å². The van der Waals surface area contributed by atoms with Crippen molar-refractivity contribution in [1.29, 1.82) is 0 Å². The van der Waals surface area contributed by atoms with Crippen LogP contribution in [0.15, 0.2) is 35.5 Å². The third-order valence-corrected chi connectivity index (χ3v) is 3.68. The molecule has 0 aliphatic heterocycles. The van der Waals surface area contributed by atoms with E-state index in [0.29, 0.717) is 5.56 Å². The normalized spacial score (nSPS) is 15.6. The molecule has 1 heterocycles. The minimum absolute atomic E-state index is 0.0981. The summed E-state index contributed by atoms with van der Waals surface area (Å²) in [6.45, 7) is 0.955. The van der Waals surface area contributed by atoms with Gasteiger partial charge >= 0.3 is 0 Å². The van der Waals surface area contributed by atoms with Gasteiger partial charge in [0, 0.05) is 19.0 Å². The summed E-state index contributed by atoms with van der Waals surface area (Å²) < 4.78 is 0. The Kier molecular flexibility index (Phi) is 3.18. The first-order valence-corrected chi connectivity index (χ1v) is 6.78. The molecule has 3 rings (SSSR count). The third-order valence-electron chi connectivity index (χ3n) is 3.68. The van der Waals surface area contributed by atoms with Crippen molar-refractivity contribution in [2.24, 2.45) is 16.8 Å². The minimum Gasteiger partial charge on any atom is -0.409 e. The Hall–Kier alpha value is -2.30. The van der Waals surface area contributed by atoms with Crippen LogP contribution in [0.3, 0.4) is 0 Å². The SMILES string of the molecule is CN(CC1CC1)c1nc2ccccc2cc1C(N)=NO. The number of oxime groups is 1. The lowest BCUT2D eigenvalue weighted by atomic mass is 10.1. The Balaban J connectivity index is 2.10. The van der Waals surface area contributed by atoms with E-state index >= 15 is 0 Å². The molecule has 3 N–H and O–H groups in total. The average molecular weight is 270 g/mol. The summed E-state index contributed by atoms with van der Waals surface area (Å²) in [7, 11) is 2.00. The number of pyridine rings is 1. The first kappa shape index (κ1) is 12.7. The van der Waals surface area contributed by atoms with Crippen molar-refractivity contribution in [1.82, 2.24) is 4.98 Å². The molecule has 1 fully saturated rings. The number of anilines is 1. The van der Waals surface area contributed by atoms with Crippen LogP contribution in [-0.2, 0) is 0 Å². The number of amidine groups is 1. The maximum atomic E-state index is 8.98. The second-order valence-corrected chi connectivity index (χ2v) is 5.36. The van der Waals surface area contributed by atoms with Crippen LogP contribution in [0, 0.1) is 5.92 Å². The van der Waals surface area contributed by atoms with Crippen molar-refractivity contribution in [3.63, 3.8) is 0 Å². The molecule has 1 saturated carbocycles. The number of hydrogen-bond donors (Lipinski definition) is 2. The zero-order valence-electron chi connectivity index (χ0n) is 11.5. The van der Waals surface area contributed by atoms with E-state index in [1.165, 1.54) is 12.8 Å². The molecule has 104 valence electrons. The van der Waals surface area contributed by atoms with Crippen molar-refractivity contribution >= 4 is 22.6 Å². The molecule has 5 nitrogen and oxygen atoms in total. The molecule has 0 radical (unpaired) electrons. The summed E-state index contributed by atoms with van der Waals surface area (Å²) in [6, 6.07) is 9.79. The predicted octanol–water partition coefficient (Wildman–Crippen LogP) is 2.18. The molecule has 2 aromatic rings. The molecule has 1 aromatic heterocycles. The Morgan fingerprint density at radius 3 is 2.90 bits per heavy atom. The topological polar surface area (TPSA) is 74.7 Å². The third kappa shape index (κ3) is 2.39. The van der Waals surface area contributed by atoms with Gasteiger partial charge in [-0.3, -0.25) is 0 Å². The van der Waals surface area contributed by atoms with Gasteiger partial charge in [0.25, 0.3) is 0 Å². The molecule has 1 aromatic carbocycles. The van der Waals surface area contributed by atoms with Gasteiger partial charge in [0.2, 0.25) is 0 Å². The highest BCUT2D eigenvalue weighted by Crippen LogP contribution is 2.32. The van der Waals surface area contributed by atoms with Gasteiger partial charge in [-0.2, -0.15) is 0 Å². The van der Waals surface area contributed by atoms with E-state index in [0.717, 1.165) is 29.2 Å². The molecule has 20 heavy (non-hydrogen) atoms. The number of aromatic nitrogens is 1. The molecule has 0 atom stereocenters. The average Bonchev–Trinajstić information content (AvgIpc) is 3.29. The molecule has 0 unspecified atom stereocenters. The fourth-order valence-corrected chi connectivity index (χ4v) is 2.41. The zero-order chi connectivity index (χ0) is 14.1. The van der Waals surface area contributed by atoms with Crippen LogP contribution < -0.4 is 10.6 Å². The van der Waals surface area contributed by atoms with Gasteiger partial charge in [-0.15, -0.1) is 0 Å². The number of benzene rings is 1. The van der Waals surface area contributed by atoms with Gasteiger partial charge < -0.3 is 15.8 Å². The summed E-state index contributed by atoms with van der Waals surface area (Å²) in [5.41, 5.74) is 7.40. The zero-order valence-corrected chi connectivity index (χ0v) is 11.5. The van der Waals surface area contributed by atoms with Crippen molar-refractivity contribution in [2.75, 3.05) is 18.5 Å². The summed E-state index contributed by atoms with van der Waals surface area (Å²) in [6.07, 6.45) is 2.55. The summed E-state index contributed by atoms with van der Waals surface area (Å²) in [5.74, 6) is 1.61. The first-order chi connectivity index (χ1) is 9.69. The summed E-state index contributed by atoms with van der Waals surface area (Å²) in [4.78, 5) is 6.77. The van der Waals surface area contributed by atoms with E-state index in [2.05, 4.69) is 15.0 Å². The smallest absolute Gasteiger partial charge is 0.173 e. The molecule has 0 saturated heterocycles. The standard InChI is InChI=1S/C15H18N4O/c1-19(9-10-6-7-10)15-12(14(16)18-20)8-11-4-2-3-5-13(11)17-15/h2-5,8,10,20H,6-7,9H2,1H3,(H2,16,18). The number of fused-ring (bicyclic) bond motifs is 1. The van der Waals surface area contributed by atoms with E-state index in [4.69, 9.17) is 10.9 Å².